The zero-order chi connectivity index (χ0) is 13.1. The van der Waals surface area contributed by atoms with Crippen LogP contribution >= 0.6 is 0 Å². The van der Waals surface area contributed by atoms with Crippen molar-refractivity contribution in [3.63, 3.8) is 0 Å². The van der Waals surface area contributed by atoms with Crippen LogP contribution in [0.5, 0.6) is 0 Å². The third-order valence-electron chi connectivity index (χ3n) is 4.44. The van der Waals surface area contributed by atoms with Crippen molar-refractivity contribution < 1.29 is 0 Å². The van der Waals surface area contributed by atoms with Crippen LogP contribution in [0.2, 0.25) is 0 Å². The Hall–Kier alpha value is -1.41. The molecule has 1 aromatic carbocycles. The molecule has 2 aromatic rings. The lowest BCUT2D eigenvalue weighted by Crippen LogP contribution is -2.31. The predicted molar refractivity (Wildman–Crippen MR) is 80.4 cm³/mol. The molecule has 1 fully saturated rings. The van der Waals surface area contributed by atoms with Crippen LogP contribution < -0.4 is 5.32 Å². The molecule has 0 amide bonds. The van der Waals surface area contributed by atoms with Crippen LogP contribution in [-0.2, 0) is 0 Å². The number of likely N-dealkylation sites (N-methyl/N-ethyl adjacent to an activating group) is 1. The van der Waals surface area contributed by atoms with E-state index in [0.29, 0.717) is 12.0 Å². The smallest absolute Gasteiger partial charge is 0.0702 e. The molecule has 0 saturated heterocycles. The molecule has 2 nitrogen and oxygen atoms in total. The number of nitrogens with zero attached hydrogens (tertiary/aromatic N) is 1. The first kappa shape index (κ1) is 12.6. The number of hydrogen-bond donors (Lipinski definition) is 1. The van der Waals surface area contributed by atoms with Gasteiger partial charge in [-0.05, 0) is 49.6 Å². The van der Waals surface area contributed by atoms with Gasteiger partial charge in [0.25, 0.3) is 0 Å². The van der Waals surface area contributed by atoms with Crippen LogP contribution in [0, 0.1) is 0 Å². The minimum Gasteiger partial charge on any atom is -0.316 e. The molecule has 19 heavy (non-hydrogen) atoms. The topological polar surface area (TPSA) is 24.9 Å². The van der Waals surface area contributed by atoms with Gasteiger partial charge >= 0.3 is 0 Å². The van der Waals surface area contributed by atoms with Gasteiger partial charge in [0.15, 0.2) is 0 Å². The molecular weight excluding hydrogens is 232 g/mol. The molecule has 1 heterocycles. The maximum Gasteiger partial charge on any atom is 0.0702 e. The Bertz CT molecular complexity index is 550. The van der Waals surface area contributed by atoms with Gasteiger partial charge in [-0.3, -0.25) is 4.98 Å². The van der Waals surface area contributed by atoms with E-state index in [2.05, 4.69) is 41.6 Å². The molecule has 1 aliphatic carbocycles. The van der Waals surface area contributed by atoms with E-state index < -0.39 is 0 Å². The van der Waals surface area contributed by atoms with Crippen molar-refractivity contribution in [2.24, 2.45) is 0 Å². The van der Waals surface area contributed by atoms with E-state index in [1.54, 1.807) is 0 Å². The lowest BCUT2D eigenvalue weighted by molar-refractivity contribution is 0.439. The summed E-state index contributed by atoms with van der Waals surface area (Å²) in [5.41, 5.74) is 2.57. The van der Waals surface area contributed by atoms with Crippen molar-refractivity contribution in [3.8, 4) is 0 Å². The normalized spacial score (nSPS) is 24.3. The second kappa shape index (κ2) is 5.70. The van der Waals surface area contributed by atoms with E-state index in [-0.39, 0.29) is 0 Å². The molecule has 1 saturated carbocycles. The summed E-state index contributed by atoms with van der Waals surface area (Å²) >= 11 is 0. The van der Waals surface area contributed by atoms with E-state index in [1.165, 1.54) is 43.1 Å². The van der Waals surface area contributed by atoms with Gasteiger partial charge in [-0.15, -0.1) is 0 Å². The SMILES string of the molecule is CNC1CCCCCC1c1ccc2ncccc2c1. The Morgan fingerprint density at radius 2 is 2.00 bits per heavy atom. The Labute approximate surface area is 115 Å². The number of benzene rings is 1. The molecule has 1 aliphatic rings. The molecule has 1 N–H and O–H groups in total. The Morgan fingerprint density at radius 3 is 2.89 bits per heavy atom. The highest BCUT2D eigenvalue weighted by atomic mass is 14.9. The third kappa shape index (κ3) is 2.64. The summed E-state index contributed by atoms with van der Waals surface area (Å²) in [6.07, 6.45) is 8.56. The lowest BCUT2D eigenvalue weighted by Gasteiger charge is -2.25. The van der Waals surface area contributed by atoms with Gasteiger partial charge in [0.2, 0.25) is 0 Å². The molecule has 3 rings (SSSR count). The maximum atomic E-state index is 4.41. The molecule has 2 atom stereocenters. The Morgan fingerprint density at radius 1 is 1.11 bits per heavy atom. The van der Waals surface area contributed by atoms with Crippen molar-refractivity contribution in [2.75, 3.05) is 7.05 Å². The second-order valence-corrected chi connectivity index (χ2v) is 5.60. The van der Waals surface area contributed by atoms with Crippen molar-refractivity contribution in [1.82, 2.24) is 10.3 Å². The largest absolute Gasteiger partial charge is 0.316 e. The molecule has 2 unspecified atom stereocenters. The monoisotopic (exact) mass is 254 g/mol. The zero-order valence-electron chi connectivity index (χ0n) is 11.6. The number of rotatable bonds is 2. The third-order valence-corrected chi connectivity index (χ3v) is 4.44. The predicted octanol–water partition coefficient (Wildman–Crippen LogP) is 3.87. The average Bonchev–Trinajstić information content (AvgIpc) is 2.72. The van der Waals surface area contributed by atoms with E-state index in [1.807, 2.05) is 12.3 Å². The number of hydrogen-bond acceptors (Lipinski definition) is 2. The van der Waals surface area contributed by atoms with Crippen LogP contribution in [0.15, 0.2) is 36.5 Å². The molecule has 0 bridgehead atoms. The summed E-state index contributed by atoms with van der Waals surface area (Å²) in [6, 6.07) is 11.6. The summed E-state index contributed by atoms with van der Waals surface area (Å²) in [7, 11) is 2.10. The quantitative estimate of drug-likeness (QED) is 0.823. The van der Waals surface area contributed by atoms with Gasteiger partial charge in [0, 0.05) is 17.6 Å². The fraction of sp³-hybridized carbons (Fsp3) is 0.471. The second-order valence-electron chi connectivity index (χ2n) is 5.60. The van der Waals surface area contributed by atoms with Crippen LogP contribution in [0.3, 0.4) is 0 Å². The Balaban J connectivity index is 1.96. The van der Waals surface area contributed by atoms with Gasteiger partial charge < -0.3 is 5.32 Å². The fourth-order valence-corrected chi connectivity index (χ4v) is 3.38. The Kier molecular flexibility index (Phi) is 3.79. The van der Waals surface area contributed by atoms with Crippen LogP contribution in [-0.4, -0.2) is 18.1 Å². The van der Waals surface area contributed by atoms with Gasteiger partial charge in [0.05, 0.1) is 5.52 Å². The van der Waals surface area contributed by atoms with Gasteiger partial charge in [-0.1, -0.05) is 31.4 Å². The van der Waals surface area contributed by atoms with Crippen molar-refractivity contribution in [1.29, 1.82) is 0 Å². The zero-order valence-corrected chi connectivity index (χ0v) is 11.6. The van der Waals surface area contributed by atoms with Crippen LogP contribution in [0.4, 0.5) is 0 Å². The van der Waals surface area contributed by atoms with Gasteiger partial charge in [-0.2, -0.15) is 0 Å². The van der Waals surface area contributed by atoms with Crippen LogP contribution in [0.1, 0.15) is 43.6 Å². The highest BCUT2D eigenvalue weighted by Crippen LogP contribution is 2.33. The highest BCUT2D eigenvalue weighted by molar-refractivity contribution is 5.79. The first-order valence-electron chi connectivity index (χ1n) is 7.40. The van der Waals surface area contributed by atoms with E-state index >= 15 is 0 Å². The first-order valence-corrected chi connectivity index (χ1v) is 7.40. The molecule has 2 heteroatoms. The minimum atomic E-state index is 0.622. The van der Waals surface area contributed by atoms with Crippen molar-refractivity contribution >= 4 is 10.9 Å². The molecule has 0 radical (unpaired) electrons. The molecule has 0 aliphatic heterocycles. The lowest BCUT2D eigenvalue weighted by atomic mass is 9.87. The summed E-state index contributed by atoms with van der Waals surface area (Å²) < 4.78 is 0. The number of pyridine rings is 1. The number of aromatic nitrogens is 1. The van der Waals surface area contributed by atoms with E-state index in [9.17, 15) is 0 Å². The molecular formula is C17H22N2. The number of fused-ring (bicyclic) bond motifs is 1. The van der Waals surface area contributed by atoms with Crippen molar-refractivity contribution in [3.05, 3.63) is 42.1 Å². The fourth-order valence-electron chi connectivity index (χ4n) is 3.38. The summed E-state index contributed by atoms with van der Waals surface area (Å²) in [5, 5.41) is 4.79. The number of nitrogens with one attached hydrogen (secondary N) is 1. The van der Waals surface area contributed by atoms with Crippen LogP contribution in [0.25, 0.3) is 10.9 Å². The van der Waals surface area contributed by atoms with Crippen molar-refractivity contribution in [2.45, 2.75) is 44.1 Å². The average molecular weight is 254 g/mol. The molecule has 100 valence electrons. The molecule has 1 aromatic heterocycles. The van der Waals surface area contributed by atoms with E-state index in [4.69, 9.17) is 0 Å². The summed E-state index contributed by atoms with van der Waals surface area (Å²) in [6.45, 7) is 0. The molecule has 0 spiro atoms. The summed E-state index contributed by atoms with van der Waals surface area (Å²) in [4.78, 5) is 4.41. The standard InChI is InChI=1S/C17H22N2/c1-18-17-8-4-2-3-7-15(17)13-9-10-16-14(12-13)6-5-11-19-16/h5-6,9-12,15,17-18H,2-4,7-8H2,1H3. The minimum absolute atomic E-state index is 0.622. The van der Waals surface area contributed by atoms with Gasteiger partial charge in [0.1, 0.15) is 0 Å². The van der Waals surface area contributed by atoms with E-state index in [0.717, 1.165) is 5.52 Å². The summed E-state index contributed by atoms with van der Waals surface area (Å²) in [5.74, 6) is 0.650. The highest BCUT2D eigenvalue weighted by Gasteiger charge is 2.23. The van der Waals surface area contributed by atoms with Gasteiger partial charge in [-0.25, -0.2) is 0 Å². The first-order chi connectivity index (χ1) is 9.38. The maximum absolute atomic E-state index is 4.41.